The van der Waals surface area contributed by atoms with Crippen LogP contribution in [-0.2, 0) is 0 Å². The molecule has 16 heavy (non-hydrogen) atoms. The number of nitrogens with one attached hydrogen (secondary N) is 1. The molecule has 90 valence electrons. The summed E-state index contributed by atoms with van der Waals surface area (Å²) >= 11 is 0. The molecule has 0 atom stereocenters. The lowest BCUT2D eigenvalue weighted by Gasteiger charge is -2.14. The standard InChI is InChI=1S/C12H21N3O/c1-2-3-4-5-8-14-10-12(6-7-12)9-11(13)15-16/h1,14,16H,3-10H2,(H2,13,15). The highest BCUT2D eigenvalue weighted by molar-refractivity contribution is 5.80. The molecule has 0 amide bonds. The molecule has 0 bridgehead atoms. The van der Waals surface area contributed by atoms with Crippen molar-refractivity contribution in [3.8, 4) is 12.3 Å². The lowest BCUT2D eigenvalue weighted by Crippen LogP contribution is -2.29. The highest BCUT2D eigenvalue weighted by Gasteiger charge is 2.42. The van der Waals surface area contributed by atoms with Gasteiger partial charge >= 0.3 is 0 Å². The van der Waals surface area contributed by atoms with E-state index in [0.29, 0.717) is 12.3 Å². The minimum absolute atomic E-state index is 0.252. The van der Waals surface area contributed by atoms with E-state index in [1.165, 1.54) is 12.8 Å². The molecule has 1 saturated carbocycles. The van der Waals surface area contributed by atoms with Crippen LogP contribution in [0.2, 0.25) is 0 Å². The molecule has 0 heterocycles. The van der Waals surface area contributed by atoms with E-state index in [-0.39, 0.29) is 5.41 Å². The molecule has 0 unspecified atom stereocenters. The molecule has 0 aromatic heterocycles. The van der Waals surface area contributed by atoms with Crippen molar-refractivity contribution in [2.45, 2.75) is 38.5 Å². The number of terminal acetylenes is 1. The van der Waals surface area contributed by atoms with Crippen LogP contribution in [0.15, 0.2) is 5.16 Å². The van der Waals surface area contributed by atoms with Crippen molar-refractivity contribution in [2.75, 3.05) is 13.1 Å². The number of rotatable bonds is 8. The molecule has 0 radical (unpaired) electrons. The number of nitrogens with zero attached hydrogens (tertiary/aromatic N) is 1. The number of amidine groups is 1. The minimum atomic E-state index is 0.252. The third-order valence-electron chi connectivity index (χ3n) is 3.07. The molecule has 4 nitrogen and oxygen atoms in total. The van der Waals surface area contributed by atoms with Gasteiger partial charge in [0, 0.05) is 19.4 Å². The number of nitrogens with two attached hydrogens (primary N) is 1. The molecule has 1 fully saturated rings. The Kier molecular flexibility index (Phi) is 5.13. The zero-order valence-corrected chi connectivity index (χ0v) is 9.71. The monoisotopic (exact) mass is 223 g/mol. The molecule has 1 aliphatic rings. The van der Waals surface area contributed by atoms with Crippen molar-refractivity contribution in [1.82, 2.24) is 5.32 Å². The van der Waals surface area contributed by atoms with Gasteiger partial charge in [-0.1, -0.05) is 5.16 Å². The molecule has 0 saturated heterocycles. The van der Waals surface area contributed by atoms with Crippen molar-refractivity contribution in [2.24, 2.45) is 16.3 Å². The van der Waals surface area contributed by atoms with Crippen LogP contribution in [0.25, 0.3) is 0 Å². The van der Waals surface area contributed by atoms with Crippen LogP contribution in [0, 0.1) is 17.8 Å². The molecule has 0 aliphatic heterocycles. The second-order valence-electron chi connectivity index (χ2n) is 4.61. The molecule has 0 aromatic rings. The number of oxime groups is 1. The average Bonchev–Trinajstić information content (AvgIpc) is 3.03. The van der Waals surface area contributed by atoms with Crippen molar-refractivity contribution in [3.05, 3.63) is 0 Å². The van der Waals surface area contributed by atoms with Gasteiger partial charge in [0.25, 0.3) is 0 Å². The van der Waals surface area contributed by atoms with E-state index in [1.54, 1.807) is 0 Å². The number of hydrogen-bond acceptors (Lipinski definition) is 3. The summed E-state index contributed by atoms with van der Waals surface area (Å²) in [4.78, 5) is 0. The van der Waals surface area contributed by atoms with Crippen LogP contribution in [0.3, 0.4) is 0 Å². The Hall–Kier alpha value is -1.21. The normalized spacial score (nSPS) is 18.1. The van der Waals surface area contributed by atoms with E-state index in [9.17, 15) is 0 Å². The highest BCUT2D eigenvalue weighted by atomic mass is 16.4. The van der Waals surface area contributed by atoms with Crippen LogP contribution in [0.5, 0.6) is 0 Å². The quantitative estimate of drug-likeness (QED) is 0.145. The first-order valence-electron chi connectivity index (χ1n) is 5.83. The minimum Gasteiger partial charge on any atom is -0.409 e. The average molecular weight is 223 g/mol. The van der Waals surface area contributed by atoms with E-state index >= 15 is 0 Å². The SMILES string of the molecule is C#CCCCCNCC1(CC(N)=NO)CC1. The van der Waals surface area contributed by atoms with Gasteiger partial charge in [-0.15, -0.1) is 12.3 Å². The van der Waals surface area contributed by atoms with Gasteiger partial charge in [-0.3, -0.25) is 0 Å². The van der Waals surface area contributed by atoms with Gasteiger partial charge in [0.15, 0.2) is 0 Å². The Morgan fingerprint density at radius 3 is 2.81 bits per heavy atom. The summed E-state index contributed by atoms with van der Waals surface area (Å²) in [5.41, 5.74) is 5.77. The van der Waals surface area contributed by atoms with Gasteiger partial charge < -0.3 is 16.3 Å². The molecule has 4 heteroatoms. The van der Waals surface area contributed by atoms with Crippen molar-refractivity contribution < 1.29 is 5.21 Å². The van der Waals surface area contributed by atoms with Gasteiger partial charge in [-0.2, -0.15) is 0 Å². The third kappa shape index (κ3) is 4.54. The first-order chi connectivity index (χ1) is 7.72. The predicted octanol–water partition coefficient (Wildman–Crippen LogP) is 1.30. The molecule has 0 aromatic carbocycles. The van der Waals surface area contributed by atoms with Crippen LogP contribution in [0.1, 0.15) is 38.5 Å². The number of hydrogen-bond donors (Lipinski definition) is 3. The van der Waals surface area contributed by atoms with E-state index in [4.69, 9.17) is 17.4 Å². The lowest BCUT2D eigenvalue weighted by molar-refractivity contribution is 0.314. The van der Waals surface area contributed by atoms with Crippen LogP contribution < -0.4 is 11.1 Å². The van der Waals surface area contributed by atoms with Crippen LogP contribution >= 0.6 is 0 Å². The summed E-state index contributed by atoms with van der Waals surface area (Å²) < 4.78 is 0. The predicted molar refractivity (Wildman–Crippen MR) is 65.2 cm³/mol. The second kappa shape index (κ2) is 6.39. The summed E-state index contributed by atoms with van der Waals surface area (Å²) in [6.07, 6.45) is 11.3. The van der Waals surface area contributed by atoms with Crippen LogP contribution in [-0.4, -0.2) is 24.1 Å². The molecule has 4 N–H and O–H groups in total. The zero-order valence-electron chi connectivity index (χ0n) is 9.71. The largest absolute Gasteiger partial charge is 0.409 e. The molecule has 0 spiro atoms. The number of unbranched alkanes of at least 4 members (excludes halogenated alkanes) is 2. The zero-order chi connectivity index (χ0) is 11.9. The molecule has 1 rings (SSSR count). The molecular weight excluding hydrogens is 202 g/mol. The molecular formula is C12H21N3O. The fourth-order valence-corrected chi connectivity index (χ4v) is 1.84. The smallest absolute Gasteiger partial charge is 0.139 e. The Bertz CT molecular complexity index is 276. The maximum absolute atomic E-state index is 8.52. The maximum atomic E-state index is 8.52. The van der Waals surface area contributed by atoms with Gasteiger partial charge in [0.05, 0.1) is 0 Å². The van der Waals surface area contributed by atoms with E-state index < -0.39 is 0 Å². The van der Waals surface area contributed by atoms with Crippen LogP contribution in [0.4, 0.5) is 0 Å². The van der Waals surface area contributed by atoms with Gasteiger partial charge in [-0.25, -0.2) is 0 Å². The van der Waals surface area contributed by atoms with Crippen molar-refractivity contribution in [3.63, 3.8) is 0 Å². The van der Waals surface area contributed by atoms with E-state index in [0.717, 1.165) is 32.4 Å². The Balaban J connectivity index is 2.06. The summed E-state index contributed by atoms with van der Waals surface area (Å²) in [7, 11) is 0. The van der Waals surface area contributed by atoms with Crippen molar-refractivity contribution >= 4 is 5.84 Å². The lowest BCUT2D eigenvalue weighted by atomic mass is 10.0. The Morgan fingerprint density at radius 2 is 2.25 bits per heavy atom. The first-order valence-corrected chi connectivity index (χ1v) is 5.83. The highest BCUT2D eigenvalue weighted by Crippen LogP contribution is 2.48. The summed E-state index contributed by atoms with van der Waals surface area (Å²) in [5, 5.41) is 15.0. The summed E-state index contributed by atoms with van der Waals surface area (Å²) in [6.45, 7) is 1.96. The van der Waals surface area contributed by atoms with Crippen molar-refractivity contribution in [1.29, 1.82) is 0 Å². The Labute approximate surface area is 97.3 Å². The third-order valence-corrected chi connectivity index (χ3v) is 3.07. The van der Waals surface area contributed by atoms with Gasteiger partial charge in [0.2, 0.25) is 0 Å². The maximum Gasteiger partial charge on any atom is 0.139 e. The topological polar surface area (TPSA) is 70.6 Å². The second-order valence-corrected chi connectivity index (χ2v) is 4.61. The Morgan fingerprint density at radius 1 is 1.50 bits per heavy atom. The first kappa shape index (κ1) is 12.9. The van der Waals surface area contributed by atoms with E-state index in [2.05, 4.69) is 16.4 Å². The fourth-order valence-electron chi connectivity index (χ4n) is 1.84. The summed E-state index contributed by atoms with van der Waals surface area (Å²) in [6, 6.07) is 0. The van der Waals surface area contributed by atoms with E-state index in [1.807, 2.05) is 0 Å². The fraction of sp³-hybridized carbons (Fsp3) is 0.750. The molecule has 1 aliphatic carbocycles. The van der Waals surface area contributed by atoms with Gasteiger partial charge in [-0.05, 0) is 37.6 Å². The summed E-state index contributed by atoms with van der Waals surface area (Å²) in [5.74, 6) is 2.97. The van der Waals surface area contributed by atoms with Gasteiger partial charge in [0.1, 0.15) is 5.84 Å².